The molecule has 5 heteroatoms. The molecule has 0 amide bonds. The van der Waals surface area contributed by atoms with E-state index in [9.17, 15) is 4.79 Å². The molecule has 70 valence electrons. The summed E-state index contributed by atoms with van der Waals surface area (Å²) in [5.74, 6) is 0.445. The van der Waals surface area contributed by atoms with Crippen molar-refractivity contribution in [2.75, 3.05) is 14.2 Å². The van der Waals surface area contributed by atoms with E-state index in [1.807, 2.05) is 0 Å². The van der Waals surface area contributed by atoms with Crippen LogP contribution in [0.2, 0.25) is 5.02 Å². The molecule has 0 aliphatic heterocycles. The Kier molecular flexibility index (Phi) is 3.08. The average molecular weight is 202 g/mol. The molecule has 0 aromatic carbocycles. The normalized spacial score (nSPS) is 9.46. The number of pyridine rings is 1. The van der Waals surface area contributed by atoms with Crippen molar-refractivity contribution in [3.63, 3.8) is 0 Å². The third-order valence-corrected chi connectivity index (χ3v) is 1.72. The summed E-state index contributed by atoms with van der Waals surface area (Å²) in [5, 5.41) is 0.283. The number of rotatable bonds is 3. The van der Waals surface area contributed by atoms with Crippen molar-refractivity contribution in [1.29, 1.82) is 0 Å². The van der Waals surface area contributed by atoms with Gasteiger partial charge >= 0.3 is 0 Å². The molecule has 0 aliphatic rings. The smallest absolute Gasteiger partial charge is 0.235 e. The van der Waals surface area contributed by atoms with Crippen LogP contribution in [-0.2, 0) is 0 Å². The fourth-order valence-electron chi connectivity index (χ4n) is 0.861. The highest BCUT2D eigenvalue weighted by atomic mass is 35.5. The minimum atomic E-state index is 0.205. The third-order valence-electron chi connectivity index (χ3n) is 1.45. The molecule has 0 fully saturated rings. The van der Waals surface area contributed by atoms with E-state index in [0.29, 0.717) is 11.8 Å². The van der Waals surface area contributed by atoms with Crippen molar-refractivity contribution in [2.45, 2.75) is 0 Å². The lowest BCUT2D eigenvalue weighted by atomic mass is 10.3. The van der Waals surface area contributed by atoms with Gasteiger partial charge < -0.3 is 9.47 Å². The molecule has 0 bridgehead atoms. The zero-order valence-corrected chi connectivity index (χ0v) is 7.96. The van der Waals surface area contributed by atoms with E-state index in [0.717, 1.165) is 0 Å². The van der Waals surface area contributed by atoms with E-state index in [1.165, 1.54) is 20.3 Å². The maximum Gasteiger partial charge on any atom is 0.235 e. The van der Waals surface area contributed by atoms with Crippen LogP contribution in [0.1, 0.15) is 10.4 Å². The molecule has 1 rings (SSSR count). The summed E-state index contributed by atoms with van der Waals surface area (Å²) in [6.45, 7) is 0. The number of methoxy groups -OCH3 is 2. The van der Waals surface area contributed by atoms with Crippen LogP contribution in [0.25, 0.3) is 0 Å². The lowest BCUT2D eigenvalue weighted by Crippen LogP contribution is -1.97. The van der Waals surface area contributed by atoms with Gasteiger partial charge in [-0.2, -0.15) is 4.98 Å². The molecule has 0 radical (unpaired) electrons. The van der Waals surface area contributed by atoms with E-state index in [1.54, 1.807) is 0 Å². The molecule has 1 aromatic rings. The Labute approximate surface area is 80.4 Å². The van der Waals surface area contributed by atoms with E-state index in [2.05, 4.69) is 4.98 Å². The summed E-state index contributed by atoms with van der Waals surface area (Å²) < 4.78 is 9.70. The molecular formula is C8H8ClNO3. The largest absolute Gasteiger partial charge is 0.480 e. The van der Waals surface area contributed by atoms with E-state index < -0.39 is 0 Å². The predicted octanol–water partition coefficient (Wildman–Crippen LogP) is 1.56. The number of carbonyl (C=O) groups excluding carboxylic acids is 1. The van der Waals surface area contributed by atoms with Gasteiger partial charge in [-0.25, -0.2) is 0 Å². The van der Waals surface area contributed by atoms with Gasteiger partial charge in [0.25, 0.3) is 0 Å². The van der Waals surface area contributed by atoms with Gasteiger partial charge in [-0.15, -0.1) is 0 Å². The van der Waals surface area contributed by atoms with Gasteiger partial charge in [0, 0.05) is 0 Å². The molecule has 0 N–H and O–H groups in total. The molecule has 0 saturated heterocycles. The Morgan fingerprint density at radius 1 is 1.38 bits per heavy atom. The molecule has 0 aliphatic carbocycles. The number of aldehydes is 1. The molecule has 13 heavy (non-hydrogen) atoms. The Bertz CT molecular complexity index is 327. The van der Waals surface area contributed by atoms with Crippen molar-refractivity contribution in [1.82, 2.24) is 4.98 Å². The van der Waals surface area contributed by atoms with E-state index in [-0.39, 0.29) is 16.8 Å². The summed E-state index contributed by atoms with van der Waals surface area (Å²) in [6, 6.07) is 1.44. The van der Waals surface area contributed by atoms with Gasteiger partial charge in [0.15, 0.2) is 6.29 Å². The van der Waals surface area contributed by atoms with Crippen molar-refractivity contribution in [3.05, 3.63) is 16.7 Å². The van der Waals surface area contributed by atoms with Crippen LogP contribution in [-0.4, -0.2) is 25.5 Å². The second-order valence-electron chi connectivity index (χ2n) is 2.20. The molecule has 0 spiro atoms. The Morgan fingerprint density at radius 2 is 2.00 bits per heavy atom. The van der Waals surface area contributed by atoms with Crippen LogP contribution in [0.3, 0.4) is 0 Å². The first-order chi connectivity index (χ1) is 6.22. The van der Waals surface area contributed by atoms with Crippen molar-refractivity contribution in [2.24, 2.45) is 0 Å². The minimum Gasteiger partial charge on any atom is -0.480 e. The first-order valence-electron chi connectivity index (χ1n) is 3.46. The minimum absolute atomic E-state index is 0.205. The maximum absolute atomic E-state index is 10.5. The van der Waals surface area contributed by atoms with Gasteiger partial charge in [0.2, 0.25) is 11.8 Å². The first kappa shape index (κ1) is 9.80. The first-order valence-corrected chi connectivity index (χ1v) is 3.84. The molecule has 1 aromatic heterocycles. The highest BCUT2D eigenvalue weighted by Gasteiger charge is 2.10. The predicted molar refractivity (Wildman–Crippen MR) is 47.7 cm³/mol. The van der Waals surface area contributed by atoms with Crippen molar-refractivity contribution < 1.29 is 14.3 Å². The summed E-state index contributed by atoms with van der Waals surface area (Å²) in [4.78, 5) is 14.4. The van der Waals surface area contributed by atoms with Crippen LogP contribution in [0.5, 0.6) is 11.8 Å². The topological polar surface area (TPSA) is 48.4 Å². The van der Waals surface area contributed by atoms with Crippen LogP contribution in [0, 0.1) is 0 Å². The SMILES string of the molecule is COc1nc(OC)c(C=O)cc1Cl. The van der Waals surface area contributed by atoms with E-state index in [4.69, 9.17) is 21.1 Å². The molecule has 4 nitrogen and oxygen atoms in total. The lowest BCUT2D eigenvalue weighted by molar-refractivity contribution is 0.111. The van der Waals surface area contributed by atoms with Gasteiger partial charge in [-0.05, 0) is 6.07 Å². The Morgan fingerprint density at radius 3 is 2.46 bits per heavy atom. The quantitative estimate of drug-likeness (QED) is 0.697. The van der Waals surface area contributed by atoms with Crippen molar-refractivity contribution >= 4 is 17.9 Å². The number of halogens is 1. The molecular weight excluding hydrogens is 194 g/mol. The second-order valence-corrected chi connectivity index (χ2v) is 2.60. The lowest BCUT2D eigenvalue weighted by Gasteiger charge is -2.06. The van der Waals surface area contributed by atoms with E-state index >= 15 is 0 Å². The molecule has 0 saturated carbocycles. The number of hydrogen-bond donors (Lipinski definition) is 0. The highest BCUT2D eigenvalue weighted by Crippen LogP contribution is 2.27. The third kappa shape index (κ3) is 1.89. The van der Waals surface area contributed by atoms with Crippen molar-refractivity contribution in [3.8, 4) is 11.8 Å². The number of ether oxygens (including phenoxy) is 2. The average Bonchev–Trinajstić information content (AvgIpc) is 2.17. The van der Waals surface area contributed by atoms with Crippen LogP contribution >= 0.6 is 11.6 Å². The zero-order chi connectivity index (χ0) is 9.84. The van der Waals surface area contributed by atoms with Gasteiger partial charge in [-0.3, -0.25) is 4.79 Å². The highest BCUT2D eigenvalue weighted by molar-refractivity contribution is 6.32. The second kappa shape index (κ2) is 4.09. The zero-order valence-electron chi connectivity index (χ0n) is 7.20. The van der Waals surface area contributed by atoms with Crippen LogP contribution in [0.15, 0.2) is 6.07 Å². The van der Waals surface area contributed by atoms with Crippen LogP contribution in [0.4, 0.5) is 0 Å². The fraction of sp³-hybridized carbons (Fsp3) is 0.250. The summed E-state index contributed by atoms with van der Waals surface area (Å²) in [5.41, 5.74) is 0.299. The fourth-order valence-corrected chi connectivity index (χ4v) is 1.10. The number of nitrogens with zero attached hydrogens (tertiary/aromatic N) is 1. The van der Waals surface area contributed by atoms with Gasteiger partial charge in [-0.1, -0.05) is 11.6 Å². The molecule has 0 unspecified atom stereocenters. The molecule has 0 atom stereocenters. The standard InChI is InChI=1S/C8H8ClNO3/c1-12-7-5(4-11)3-6(9)8(10-7)13-2/h3-4H,1-2H3. The summed E-state index contributed by atoms with van der Waals surface area (Å²) in [6.07, 6.45) is 0.622. The number of carbonyl (C=O) groups is 1. The maximum atomic E-state index is 10.5. The monoisotopic (exact) mass is 201 g/mol. The Hall–Kier alpha value is -1.29. The summed E-state index contributed by atoms with van der Waals surface area (Å²) in [7, 11) is 2.86. The molecule has 1 heterocycles. The summed E-state index contributed by atoms with van der Waals surface area (Å²) >= 11 is 5.74. The number of aromatic nitrogens is 1. The van der Waals surface area contributed by atoms with Gasteiger partial charge in [0.05, 0.1) is 19.8 Å². The van der Waals surface area contributed by atoms with Gasteiger partial charge in [0.1, 0.15) is 5.02 Å². The number of hydrogen-bond acceptors (Lipinski definition) is 4. The van der Waals surface area contributed by atoms with Crippen LogP contribution < -0.4 is 9.47 Å². The Balaban J connectivity index is 3.26.